The molecule has 1 aliphatic heterocycles. The van der Waals surface area contributed by atoms with Crippen LogP contribution in [0.25, 0.3) is 0 Å². The van der Waals surface area contributed by atoms with Gasteiger partial charge in [0.1, 0.15) is 12.1 Å². The van der Waals surface area contributed by atoms with Crippen LogP contribution in [-0.4, -0.2) is 65.4 Å². The molecule has 1 heterocycles. The summed E-state index contributed by atoms with van der Waals surface area (Å²) in [4.78, 5) is 64.9. The van der Waals surface area contributed by atoms with Gasteiger partial charge in [0, 0.05) is 20.0 Å². The van der Waals surface area contributed by atoms with Crippen molar-refractivity contribution in [2.45, 2.75) is 56.9 Å². The van der Waals surface area contributed by atoms with Gasteiger partial charge in [-0.3, -0.25) is 28.9 Å². The molecule has 2 unspecified atom stereocenters. The molecule has 9 nitrogen and oxygen atoms in total. The van der Waals surface area contributed by atoms with Crippen LogP contribution >= 0.6 is 12.6 Å². The monoisotopic (exact) mass is 552 g/mol. The summed E-state index contributed by atoms with van der Waals surface area (Å²) < 4.78 is 0. The van der Waals surface area contributed by atoms with E-state index in [1.807, 2.05) is 44.2 Å². The van der Waals surface area contributed by atoms with Gasteiger partial charge >= 0.3 is 0 Å². The Morgan fingerprint density at radius 3 is 1.95 bits per heavy atom. The number of carbonyl (C=O) groups excluding carboxylic acids is 5. The van der Waals surface area contributed by atoms with Crippen molar-refractivity contribution in [3.63, 3.8) is 0 Å². The summed E-state index contributed by atoms with van der Waals surface area (Å²) >= 11 is 4.42. The lowest BCUT2D eigenvalue weighted by molar-refractivity contribution is -0.132. The standard InChI is InChI=1S/C29H36N4O5S/c1-18(2)16-22(26(35)31-23(25(34)30-3)17-19-10-5-4-6-11-19)32-27(36)24(39)14-9-15-33-28(37)20-12-7-8-13-21(20)29(33)38/h4-8,10-13,18,22-24,39H,9,14-17H2,1-3H3,(H,30,34)(H,31,35)(H,32,36)/t22?,23-,24?/m0/s1. The third-order valence-corrected chi connectivity index (χ3v) is 7.03. The molecule has 0 bridgehead atoms. The highest BCUT2D eigenvalue weighted by molar-refractivity contribution is 7.81. The zero-order chi connectivity index (χ0) is 28.5. The maximum Gasteiger partial charge on any atom is 0.261 e. The normalized spacial score (nSPS) is 14.9. The van der Waals surface area contributed by atoms with Crippen LogP contribution in [0.3, 0.4) is 0 Å². The summed E-state index contributed by atoms with van der Waals surface area (Å²) in [7, 11) is 1.51. The van der Waals surface area contributed by atoms with Gasteiger partial charge in [0.2, 0.25) is 17.7 Å². The molecule has 0 saturated carbocycles. The molecule has 0 spiro atoms. The van der Waals surface area contributed by atoms with Gasteiger partial charge in [-0.1, -0.05) is 56.3 Å². The third-order valence-electron chi connectivity index (χ3n) is 6.54. The van der Waals surface area contributed by atoms with Crippen LogP contribution in [0.15, 0.2) is 54.6 Å². The van der Waals surface area contributed by atoms with Crippen molar-refractivity contribution in [3.8, 4) is 0 Å². The molecule has 10 heteroatoms. The van der Waals surface area contributed by atoms with Gasteiger partial charge in [-0.05, 0) is 42.9 Å². The molecule has 2 aromatic carbocycles. The van der Waals surface area contributed by atoms with Gasteiger partial charge in [0.25, 0.3) is 11.8 Å². The van der Waals surface area contributed by atoms with E-state index in [2.05, 4.69) is 28.6 Å². The summed E-state index contributed by atoms with van der Waals surface area (Å²) in [6, 6.07) is 14.4. The number of nitrogens with zero attached hydrogens (tertiary/aromatic N) is 1. The predicted molar refractivity (Wildman–Crippen MR) is 151 cm³/mol. The molecule has 5 amide bonds. The van der Waals surface area contributed by atoms with Crippen LogP contribution in [0, 0.1) is 5.92 Å². The highest BCUT2D eigenvalue weighted by Crippen LogP contribution is 2.23. The van der Waals surface area contributed by atoms with Crippen LogP contribution in [-0.2, 0) is 20.8 Å². The lowest BCUT2D eigenvalue weighted by Gasteiger charge is -2.25. The Balaban J connectivity index is 1.57. The summed E-state index contributed by atoms with van der Waals surface area (Å²) in [6.07, 6.45) is 1.36. The molecule has 0 radical (unpaired) electrons. The fraction of sp³-hybridized carbons (Fsp3) is 0.414. The quantitative estimate of drug-likeness (QED) is 0.224. The summed E-state index contributed by atoms with van der Waals surface area (Å²) in [5.74, 6) is -1.80. The number of thiol groups is 1. The van der Waals surface area contributed by atoms with E-state index in [0.29, 0.717) is 36.8 Å². The maximum atomic E-state index is 13.2. The van der Waals surface area contributed by atoms with Gasteiger partial charge in [0.05, 0.1) is 16.4 Å². The van der Waals surface area contributed by atoms with Crippen molar-refractivity contribution in [1.82, 2.24) is 20.9 Å². The number of amides is 5. The number of rotatable bonds is 13. The minimum Gasteiger partial charge on any atom is -0.357 e. The zero-order valence-electron chi connectivity index (χ0n) is 22.5. The van der Waals surface area contributed by atoms with E-state index in [1.54, 1.807) is 24.3 Å². The predicted octanol–water partition coefficient (Wildman–Crippen LogP) is 2.37. The molecule has 2 aromatic rings. The lowest BCUT2D eigenvalue weighted by Crippen LogP contribution is -2.55. The molecule has 0 saturated heterocycles. The van der Waals surface area contributed by atoms with Crippen LogP contribution in [0.2, 0.25) is 0 Å². The molecule has 3 N–H and O–H groups in total. The first-order chi connectivity index (χ1) is 18.6. The lowest BCUT2D eigenvalue weighted by atomic mass is 10.0. The van der Waals surface area contributed by atoms with Crippen molar-refractivity contribution in [2.75, 3.05) is 13.6 Å². The van der Waals surface area contributed by atoms with Crippen molar-refractivity contribution < 1.29 is 24.0 Å². The number of imide groups is 1. The Morgan fingerprint density at radius 1 is 0.821 bits per heavy atom. The van der Waals surface area contributed by atoms with E-state index >= 15 is 0 Å². The number of nitrogens with one attached hydrogen (secondary N) is 3. The highest BCUT2D eigenvalue weighted by atomic mass is 32.1. The molecule has 208 valence electrons. The van der Waals surface area contributed by atoms with Gasteiger partial charge in [-0.25, -0.2) is 0 Å². The second-order valence-electron chi connectivity index (χ2n) is 10.0. The number of carbonyl (C=O) groups is 5. The molecular weight excluding hydrogens is 516 g/mol. The van der Waals surface area contributed by atoms with Crippen LogP contribution in [0.1, 0.15) is 59.4 Å². The fourth-order valence-electron chi connectivity index (χ4n) is 4.49. The van der Waals surface area contributed by atoms with E-state index in [4.69, 9.17) is 0 Å². The Hall–Kier alpha value is -3.66. The first kappa shape index (κ1) is 29.9. The highest BCUT2D eigenvalue weighted by Gasteiger charge is 2.35. The Labute approximate surface area is 234 Å². The molecule has 3 atom stereocenters. The SMILES string of the molecule is CNC(=O)[C@H](Cc1ccccc1)NC(=O)C(CC(C)C)NC(=O)C(S)CCCN1C(=O)c2ccccc2C1=O. The van der Waals surface area contributed by atoms with Crippen molar-refractivity contribution in [1.29, 1.82) is 0 Å². The minimum atomic E-state index is -0.855. The van der Waals surface area contributed by atoms with Crippen molar-refractivity contribution in [2.24, 2.45) is 5.92 Å². The minimum absolute atomic E-state index is 0.0980. The number of benzene rings is 2. The summed E-state index contributed by atoms with van der Waals surface area (Å²) in [6.45, 7) is 4.04. The molecule has 0 aromatic heterocycles. The molecular formula is C29H36N4O5S. The van der Waals surface area contributed by atoms with Gasteiger partial charge < -0.3 is 16.0 Å². The largest absolute Gasteiger partial charge is 0.357 e. The zero-order valence-corrected chi connectivity index (χ0v) is 23.4. The van der Waals surface area contributed by atoms with Crippen LogP contribution in [0.4, 0.5) is 0 Å². The van der Waals surface area contributed by atoms with Gasteiger partial charge in [0.15, 0.2) is 0 Å². The van der Waals surface area contributed by atoms with E-state index in [9.17, 15) is 24.0 Å². The number of hydrogen-bond donors (Lipinski definition) is 4. The van der Waals surface area contributed by atoms with E-state index < -0.39 is 29.1 Å². The number of fused-ring (bicyclic) bond motifs is 1. The molecule has 0 fully saturated rings. The van der Waals surface area contributed by atoms with Crippen LogP contribution < -0.4 is 16.0 Å². The topological polar surface area (TPSA) is 125 Å². The molecule has 0 aliphatic carbocycles. The maximum absolute atomic E-state index is 13.2. The number of hydrogen-bond acceptors (Lipinski definition) is 6. The molecule has 1 aliphatic rings. The average molecular weight is 553 g/mol. The van der Waals surface area contributed by atoms with E-state index in [1.165, 1.54) is 11.9 Å². The molecule has 39 heavy (non-hydrogen) atoms. The first-order valence-corrected chi connectivity index (χ1v) is 13.6. The fourth-order valence-corrected chi connectivity index (χ4v) is 4.75. The first-order valence-electron chi connectivity index (χ1n) is 13.1. The van der Waals surface area contributed by atoms with Crippen molar-refractivity contribution in [3.05, 3.63) is 71.3 Å². The Morgan fingerprint density at radius 2 is 1.38 bits per heavy atom. The summed E-state index contributed by atoms with van der Waals surface area (Å²) in [5, 5.41) is 7.40. The number of likely N-dealkylation sites (N-methyl/N-ethyl adjacent to an activating group) is 1. The Kier molecular flexibility index (Phi) is 10.7. The summed E-state index contributed by atoms with van der Waals surface area (Å²) in [5.41, 5.74) is 1.66. The van der Waals surface area contributed by atoms with Crippen LogP contribution in [0.5, 0.6) is 0 Å². The molecule has 3 rings (SSSR count). The Bertz CT molecular complexity index is 1170. The van der Waals surface area contributed by atoms with E-state index in [0.717, 1.165) is 5.56 Å². The van der Waals surface area contributed by atoms with Crippen molar-refractivity contribution >= 4 is 42.2 Å². The second kappa shape index (κ2) is 13.9. The van der Waals surface area contributed by atoms with Gasteiger partial charge in [-0.2, -0.15) is 12.6 Å². The smallest absolute Gasteiger partial charge is 0.261 e. The third kappa shape index (κ3) is 7.92. The second-order valence-corrected chi connectivity index (χ2v) is 10.6. The van der Waals surface area contributed by atoms with Gasteiger partial charge in [-0.15, -0.1) is 0 Å². The van der Waals surface area contributed by atoms with E-state index in [-0.39, 0.29) is 30.2 Å². The average Bonchev–Trinajstić information content (AvgIpc) is 3.16.